The van der Waals surface area contributed by atoms with Crippen LogP contribution in [0.5, 0.6) is 0 Å². The predicted octanol–water partition coefficient (Wildman–Crippen LogP) is 0.962. The van der Waals surface area contributed by atoms with Crippen LogP contribution in [0.25, 0.3) is 0 Å². The van der Waals surface area contributed by atoms with Crippen LogP contribution in [0.3, 0.4) is 0 Å². The zero-order valence-electron chi connectivity index (χ0n) is 11.2. The Labute approximate surface area is 105 Å². The Kier molecular flexibility index (Phi) is 6.52. The zero-order chi connectivity index (χ0) is 12.7. The Balaban J connectivity index is 2.05. The molecule has 1 unspecified atom stereocenters. The minimum absolute atomic E-state index is 0.0151. The molecule has 1 rings (SSSR count). The van der Waals surface area contributed by atoms with Gasteiger partial charge in [0.05, 0.1) is 6.04 Å². The van der Waals surface area contributed by atoms with Gasteiger partial charge in [0, 0.05) is 6.54 Å². The molecule has 0 spiro atoms. The van der Waals surface area contributed by atoms with E-state index < -0.39 is 0 Å². The molecule has 0 bridgehead atoms. The summed E-state index contributed by atoms with van der Waals surface area (Å²) in [6.07, 6.45) is 5.04. The van der Waals surface area contributed by atoms with Gasteiger partial charge in [0.15, 0.2) is 0 Å². The fourth-order valence-electron chi connectivity index (χ4n) is 2.12. The van der Waals surface area contributed by atoms with Gasteiger partial charge in [0.2, 0.25) is 5.91 Å². The van der Waals surface area contributed by atoms with E-state index in [-0.39, 0.29) is 17.9 Å². The molecule has 0 aromatic heterocycles. The lowest BCUT2D eigenvalue weighted by atomic mass is 10.1. The summed E-state index contributed by atoms with van der Waals surface area (Å²) >= 11 is 0. The van der Waals surface area contributed by atoms with Gasteiger partial charge in [-0.25, -0.2) is 0 Å². The van der Waals surface area contributed by atoms with Crippen LogP contribution in [-0.4, -0.2) is 43.0 Å². The molecule has 1 aliphatic rings. The molecule has 1 aliphatic heterocycles. The van der Waals surface area contributed by atoms with Crippen LogP contribution in [0.4, 0.5) is 0 Å². The topological polar surface area (TPSA) is 58.4 Å². The lowest BCUT2D eigenvalue weighted by Gasteiger charge is -2.26. The minimum atomic E-state index is -0.370. The number of hydrogen-bond acceptors (Lipinski definition) is 3. The monoisotopic (exact) mass is 241 g/mol. The quantitative estimate of drug-likeness (QED) is 0.681. The van der Waals surface area contributed by atoms with Crippen LogP contribution in [0, 0.1) is 5.92 Å². The van der Waals surface area contributed by atoms with E-state index >= 15 is 0 Å². The fraction of sp³-hybridized carbons (Fsp3) is 0.923. The van der Waals surface area contributed by atoms with E-state index in [0.29, 0.717) is 0 Å². The molecule has 1 heterocycles. The molecule has 3 N–H and O–H groups in total. The van der Waals surface area contributed by atoms with Crippen LogP contribution in [0.2, 0.25) is 0 Å². The number of nitrogens with one attached hydrogen (secondary N) is 1. The first-order valence-electron chi connectivity index (χ1n) is 6.87. The maximum absolute atomic E-state index is 11.6. The van der Waals surface area contributed by atoms with Crippen LogP contribution < -0.4 is 11.1 Å². The van der Waals surface area contributed by atoms with Crippen molar-refractivity contribution in [3.05, 3.63) is 0 Å². The summed E-state index contributed by atoms with van der Waals surface area (Å²) in [5, 5.41) is 2.91. The number of carbonyl (C=O) groups is 1. The molecule has 1 amide bonds. The largest absolute Gasteiger partial charge is 0.355 e. The summed E-state index contributed by atoms with van der Waals surface area (Å²) in [5.41, 5.74) is 5.76. The highest BCUT2D eigenvalue weighted by Gasteiger charge is 2.16. The molecular weight excluding hydrogens is 214 g/mol. The third kappa shape index (κ3) is 5.50. The van der Waals surface area contributed by atoms with Crippen LogP contribution in [0.15, 0.2) is 0 Å². The average Bonchev–Trinajstić information content (AvgIpc) is 2.34. The Bertz CT molecular complexity index is 225. The van der Waals surface area contributed by atoms with E-state index in [9.17, 15) is 4.79 Å². The van der Waals surface area contributed by atoms with Crippen molar-refractivity contribution >= 4 is 5.91 Å². The molecule has 1 atom stereocenters. The smallest absolute Gasteiger partial charge is 0.237 e. The Morgan fingerprint density at radius 2 is 1.94 bits per heavy atom. The molecule has 1 saturated heterocycles. The molecule has 0 aromatic rings. The van der Waals surface area contributed by atoms with E-state index in [0.717, 1.165) is 19.5 Å². The third-order valence-corrected chi connectivity index (χ3v) is 3.42. The first-order chi connectivity index (χ1) is 8.11. The van der Waals surface area contributed by atoms with Crippen molar-refractivity contribution in [1.29, 1.82) is 0 Å². The average molecular weight is 241 g/mol. The third-order valence-electron chi connectivity index (χ3n) is 3.42. The van der Waals surface area contributed by atoms with Gasteiger partial charge >= 0.3 is 0 Å². The summed E-state index contributed by atoms with van der Waals surface area (Å²) in [7, 11) is 0. The van der Waals surface area contributed by atoms with Gasteiger partial charge < -0.3 is 16.0 Å². The molecule has 1 fully saturated rings. The van der Waals surface area contributed by atoms with Gasteiger partial charge in [-0.2, -0.15) is 0 Å². The highest BCUT2D eigenvalue weighted by molar-refractivity contribution is 5.81. The second-order valence-electron chi connectivity index (χ2n) is 5.32. The van der Waals surface area contributed by atoms with Gasteiger partial charge in [0.25, 0.3) is 0 Å². The maximum Gasteiger partial charge on any atom is 0.237 e. The van der Waals surface area contributed by atoms with Gasteiger partial charge in [-0.3, -0.25) is 4.79 Å². The van der Waals surface area contributed by atoms with E-state index in [1.165, 1.54) is 32.4 Å². The summed E-state index contributed by atoms with van der Waals surface area (Å²) in [4.78, 5) is 14.1. The minimum Gasteiger partial charge on any atom is -0.355 e. The summed E-state index contributed by atoms with van der Waals surface area (Å²) in [5.74, 6) is 0.190. The molecule has 100 valence electrons. The number of carbonyl (C=O) groups excluding carboxylic acids is 1. The second-order valence-corrected chi connectivity index (χ2v) is 5.32. The predicted molar refractivity (Wildman–Crippen MR) is 70.7 cm³/mol. The maximum atomic E-state index is 11.6. The fourth-order valence-corrected chi connectivity index (χ4v) is 2.12. The van der Waals surface area contributed by atoms with E-state index in [2.05, 4.69) is 10.2 Å². The Hall–Kier alpha value is -0.610. The normalized spacial score (nSPS) is 19.3. The van der Waals surface area contributed by atoms with Crippen molar-refractivity contribution in [2.24, 2.45) is 11.7 Å². The number of hydrogen-bond donors (Lipinski definition) is 2. The second kappa shape index (κ2) is 7.67. The van der Waals surface area contributed by atoms with E-state index in [4.69, 9.17) is 5.73 Å². The van der Waals surface area contributed by atoms with E-state index in [1.807, 2.05) is 13.8 Å². The van der Waals surface area contributed by atoms with Crippen molar-refractivity contribution in [3.8, 4) is 0 Å². The molecule has 0 radical (unpaired) electrons. The van der Waals surface area contributed by atoms with Crippen LogP contribution in [-0.2, 0) is 4.79 Å². The van der Waals surface area contributed by atoms with Gasteiger partial charge in [0.1, 0.15) is 0 Å². The van der Waals surface area contributed by atoms with Gasteiger partial charge in [-0.05, 0) is 44.8 Å². The number of nitrogens with zero attached hydrogens (tertiary/aromatic N) is 1. The van der Waals surface area contributed by atoms with Crippen molar-refractivity contribution in [1.82, 2.24) is 10.2 Å². The first kappa shape index (κ1) is 14.5. The first-order valence-corrected chi connectivity index (χ1v) is 6.87. The Morgan fingerprint density at radius 3 is 2.53 bits per heavy atom. The molecule has 0 saturated carbocycles. The summed E-state index contributed by atoms with van der Waals surface area (Å²) in [6, 6.07) is -0.370. The zero-order valence-corrected chi connectivity index (χ0v) is 11.2. The van der Waals surface area contributed by atoms with Gasteiger partial charge in [-0.1, -0.05) is 20.3 Å². The summed E-state index contributed by atoms with van der Waals surface area (Å²) < 4.78 is 0. The number of nitrogens with two attached hydrogens (primary N) is 1. The van der Waals surface area contributed by atoms with Crippen molar-refractivity contribution in [3.63, 3.8) is 0 Å². The lowest BCUT2D eigenvalue weighted by molar-refractivity contribution is -0.123. The standard InChI is InChI=1S/C13H27N3O/c1-11(2)12(14)13(17)15-7-6-10-16-8-4-3-5-9-16/h11-12H,3-10,14H2,1-2H3,(H,15,17). The number of rotatable bonds is 6. The molecular formula is C13H27N3O. The Morgan fingerprint density at radius 1 is 1.29 bits per heavy atom. The lowest BCUT2D eigenvalue weighted by Crippen LogP contribution is -2.44. The molecule has 17 heavy (non-hydrogen) atoms. The van der Waals surface area contributed by atoms with Crippen molar-refractivity contribution in [2.45, 2.75) is 45.6 Å². The van der Waals surface area contributed by atoms with Gasteiger partial charge in [-0.15, -0.1) is 0 Å². The highest BCUT2D eigenvalue weighted by atomic mass is 16.2. The number of likely N-dealkylation sites (tertiary alicyclic amines) is 1. The number of amides is 1. The summed E-state index contributed by atoms with van der Waals surface area (Å²) in [6.45, 7) is 8.22. The SMILES string of the molecule is CC(C)C(N)C(=O)NCCCN1CCCCC1. The van der Waals surface area contributed by atoms with Crippen LogP contribution in [0.1, 0.15) is 39.5 Å². The van der Waals surface area contributed by atoms with E-state index in [1.54, 1.807) is 0 Å². The van der Waals surface area contributed by atoms with Crippen molar-refractivity contribution < 1.29 is 4.79 Å². The van der Waals surface area contributed by atoms with Crippen molar-refractivity contribution in [2.75, 3.05) is 26.2 Å². The molecule has 0 aromatic carbocycles. The molecule has 4 nitrogen and oxygen atoms in total. The highest BCUT2D eigenvalue weighted by Crippen LogP contribution is 2.08. The number of piperidine rings is 1. The molecule has 4 heteroatoms. The molecule has 0 aliphatic carbocycles. The van der Waals surface area contributed by atoms with Crippen LogP contribution >= 0.6 is 0 Å².